The maximum Gasteiger partial charge on any atom is 0.119 e. The molecule has 19 heavy (non-hydrogen) atoms. The van der Waals surface area contributed by atoms with Crippen molar-refractivity contribution < 1.29 is 9.84 Å². The predicted octanol–water partition coefficient (Wildman–Crippen LogP) is 3.30. The summed E-state index contributed by atoms with van der Waals surface area (Å²) in [6.45, 7) is 6.88. The molecule has 2 atom stereocenters. The van der Waals surface area contributed by atoms with Crippen LogP contribution in [0.2, 0.25) is 0 Å². The van der Waals surface area contributed by atoms with Gasteiger partial charge < -0.3 is 15.6 Å². The van der Waals surface area contributed by atoms with E-state index < -0.39 is 6.10 Å². The van der Waals surface area contributed by atoms with E-state index in [2.05, 4.69) is 13.8 Å². The lowest BCUT2D eigenvalue weighted by Gasteiger charge is -2.20. The lowest BCUT2D eigenvalue weighted by atomic mass is 9.96. The van der Waals surface area contributed by atoms with Crippen LogP contribution >= 0.6 is 12.4 Å². The summed E-state index contributed by atoms with van der Waals surface area (Å²) in [5.41, 5.74) is 7.01. The smallest absolute Gasteiger partial charge is 0.119 e. The van der Waals surface area contributed by atoms with Crippen molar-refractivity contribution in [1.82, 2.24) is 0 Å². The molecule has 0 fully saturated rings. The van der Waals surface area contributed by atoms with Gasteiger partial charge in [0.1, 0.15) is 5.75 Å². The zero-order valence-corrected chi connectivity index (χ0v) is 12.8. The minimum Gasteiger partial charge on any atom is -0.494 e. The molecule has 3 nitrogen and oxygen atoms in total. The second-order valence-electron chi connectivity index (χ2n) is 5.07. The Kier molecular flexibility index (Phi) is 8.81. The molecule has 3 N–H and O–H groups in total. The van der Waals surface area contributed by atoms with Gasteiger partial charge in [-0.1, -0.05) is 26.0 Å². The van der Waals surface area contributed by atoms with Crippen molar-refractivity contribution in [2.75, 3.05) is 6.61 Å². The molecule has 0 amide bonds. The summed E-state index contributed by atoms with van der Waals surface area (Å²) in [4.78, 5) is 0. The van der Waals surface area contributed by atoms with E-state index in [1.165, 1.54) is 0 Å². The van der Waals surface area contributed by atoms with E-state index in [-0.39, 0.29) is 18.4 Å². The molecule has 0 unspecified atom stereocenters. The van der Waals surface area contributed by atoms with Gasteiger partial charge in [0.05, 0.1) is 18.8 Å². The van der Waals surface area contributed by atoms with Crippen LogP contribution in [-0.4, -0.2) is 17.8 Å². The number of benzene rings is 1. The molecule has 1 aromatic rings. The van der Waals surface area contributed by atoms with Crippen molar-refractivity contribution in [3.05, 3.63) is 29.8 Å². The molecule has 0 aliphatic carbocycles. The number of rotatable bonds is 7. The fraction of sp³-hybridized carbons (Fsp3) is 0.600. The minimum absolute atomic E-state index is 0. The standard InChI is InChI=1S/C15H25NO2.ClH/c1-4-18-13-7-5-6-12(10-13)15(16)14(17)9-8-11(2)3;/h5-7,10-11,14-15,17H,4,8-9,16H2,1-3H3;1H/t14-,15+;/m0./s1. The number of aliphatic hydroxyl groups is 1. The molecule has 0 spiro atoms. The van der Waals surface area contributed by atoms with E-state index in [4.69, 9.17) is 10.5 Å². The zero-order chi connectivity index (χ0) is 13.5. The van der Waals surface area contributed by atoms with E-state index in [9.17, 15) is 5.11 Å². The first-order valence-corrected chi connectivity index (χ1v) is 6.71. The van der Waals surface area contributed by atoms with E-state index in [1.54, 1.807) is 0 Å². The SMILES string of the molecule is CCOc1cccc([C@@H](N)[C@@H](O)CCC(C)C)c1.Cl. The molecule has 1 rings (SSSR count). The fourth-order valence-electron chi connectivity index (χ4n) is 1.88. The number of aliphatic hydroxyl groups excluding tert-OH is 1. The van der Waals surface area contributed by atoms with Crippen LogP contribution in [-0.2, 0) is 0 Å². The maximum atomic E-state index is 10.1. The quantitative estimate of drug-likeness (QED) is 0.809. The van der Waals surface area contributed by atoms with Crippen LogP contribution in [0.15, 0.2) is 24.3 Å². The second-order valence-corrected chi connectivity index (χ2v) is 5.07. The van der Waals surface area contributed by atoms with Crippen LogP contribution in [0.5, 0.6) is 5.75 Å². The first-order valence-electron chi connectivity index (χ1n) is 6.71. The van der Waals surface area contributed by atoms with Gasteiger partial charge in [0, 0.05) is 0 Å². The Hall–Kier alpha value is -0.770. The van der Waals surface area contributed by atoms with Gasteiger partial charge in [-0.25, -0.2) is 0 Å². The van der Waals surface area contributed by atoms with Crippen molar-refractivity contribution >= 4 is 12.4 Å². The number of halogens is 1. The topological polar surface area (TPSA) is 55.5 Å². The van der Waals surface area contributed by atoms with Crippen LogP contribution in [0.3, 0.4) is 0 Å². The van der Waals surface area contributed by atoms with Crippen LogP contribution in [0.25, 0.3) is 0 Å². The highest BCUT2D eigenvalue weighted by Crippen LogP contribution is 2.23. The van der Waals surface area contributed by atoms with Crippen molar-refractivity contribution in [1.29, 1.82) is 0 Å². The molecule has 0 aliphatic heterocycles. The number of nitrogens with two attached hydrogens (primary N) is 1. The molecular formula is C15H26ClNO2. The highest BCUT2D eigenvalue weighted by Gasteiger charge is 2.17. The Morgan fingerprint density at radius 1 is 1.26 bits per heavy atom. The van der Waals surface area contributed by atoms with E-state index in [0.29, 0.717) is 12.5 Å². The molecule has 0 radical (unpaired) electrons. The third kappa shape index (κ3) is 6.28. The molecule has 4 heteroatoms. The first-order chi connectivity index (χ1) is 8.54. The fourth-order valence-corrected chi connectivity index (χ4v) is 1.88. The summed E-state index contributed by atoms with van der Waals surface area (Å²) in [5, 5.41) is 10.1. The van der Waals surface area contributed by atoms with Gasteiger partial charge >= 0.3 is 0 Å². The molecule has 0 aromatic heterocycles. The third-order valence-corrected chi connectivity index (χ3v) is 3.01. The molecular weight excluding hydrogens is 262 g/mol. The Morgan fingerprint density at radius 3 is 2.53 bits per heavy atom. The molecule has 1 aromatic carbocycles. The Morgan fingerprint density at radius 2 is 1.95 bits per heavy atom. The lowest BCUT2D eigenvalue weighted by Crippen LogP contribution is -2.26. The largest absolute Gasteiger partial charge is 0.494 e. The molecule has 110 valence electrons. The van der Waals surface area contributed by atoms with Gasteiger partial charge in [0.2, 0.25) is 0 Å². The van der Waals surface area contributed by atoms with Gasteiger partial charge in [0.15, 0.2) is 0 Å². The Bertz CT molecular complexity index is 358. The molecule has 0 aliphatic rings. The summed E-state index contributed by atoms with van der Waals surface area (Å²) in [7, 11) is 0. The normalized spacial score (nSPS) is 13.8. The van der Waals surface area contributed by atoms with Gasteiger partial charge in [-0.05, 0) is 43.4 Å². The first kappa shape index (κ1) is 18.2. The van der Waals surface area contributed by atoms with Crippen LogP contribution in [0.4, 0.5) is 0 Å². The molecule has 0 saturated carbocycles. The third-order valence-electron chi connectivity index (χ3n) is 3.01. The highest BCUT2D eigenvalue weighted by molar-refractivity contribution is 5.85. The van der Waals surface area contributed by atoms with Crippen LogP contribution in [0, 0.1) is 5.92 Å². The average molecular weight is 288 g/mol. The number of ether oxygens (including phenoxy) is 1. The van der Waals surface area contributed by atoms with E-state index >= 15 is 0 Å². The number of hydrogen-bond donors (Lipinski definition) is 2. The summed E-state index contributed by atoms with van der Waals surface area (Å²) >= 11 is 0. The second kappa shape index (κ2) is 9.18. The Labute approximate surface area is 122 Å². The van der Waals surface area contributed by atoms with Crippen molar-refractivity contribution in [2.45, 2.75) is 45.8 Å². The van der Waals surface area contributed by atoms with E-state index in [1.807, 2.05) is 31.2 Å². The van der Waals surface area contributed by atoms with Gasteiger partial charge in [-0.15, -0.1) is 12.4 Å². The summed E-state index contributed by atoms with van der Waals surface area (Å²) in [6.07, 6.45) is 1.22. The maximum absolute atomic E-state index is 10.1. The van der Waals surface area contributed by atoms with Gasteiger partial charge in [-0.2, -0.15) is 0 Å². The van der Waals surface area contributed by atoms with Crippen molar-refractivity contribution in [3.63, 3.8) is 0 Å². The van der Waals surface area contributed by atoms with E-state index in [0.717, 1.165) is 24.2 Å². The minimum atomic E-state index is -0.496. The Balaban J connectivity index is 0.00000324. The monoisotopic (exact) mass is 287 g/mol. The lowest BCUT2D eigenvalue weighted by molar-refractivity contribution is 0.128. The van der Waals surface area contributed by atoms with Gasteiger partial charge in [0.25, 0.3) is 0 Å². The van der Waals surface area contributed by atoms with Crippen molar-refractivity contribution in [3.8, 4) is 5.75 Å². The summed E-state index contributed by atoms with van der Waals surface area (Å²) < 4.78 is 5.44. The zero-order valence-electron chi connectivity index (χ0n) is 12.0. The van der Waals surface area contributed by atoms with Crippen molar-refractivity contribution in [2.24, 2.45) is 11.7 Å². The highest BCUT2D eigenvalue weighted by atomic mass is 35.5. The summed E-state index contributed by atoms with van der Waals surface area (Å²) in [5.74, 6) is 1.39. The number of hydrogen-bond acceptors (Lipinski definition) is 3. The molecule has 0 bridgehead atoms. The summed E-state index contributed by atoms with van der Waals surface area (Å²) in [6, 6.07) is 7.32. The van der Waals surface area contributed by atoms with Crippen LogP contribution in [0.1, 0.15) is 45.2 Å². The molecule has 0 saturated heterocycles. The molecule has 0 heterocycles. The van der Waals surface area contributed by atoms with Gasteiger partial charge in [-0.3, -0.25) is 0 Å². The average Bonchev–Trinajstić information content (AvgIpc) is 2.35. The predicted molar refractivity (Wildman–Crippen MR) is 81.9 cm³/mol. The van der Waals surface area contributed by atoms with Crippen LogP contribution < -0.4 is 10.5 Å².